The van der Waals surface area contributed by atoms with Crippen LogP contribution in [0.1, 0.15) is 29.3 Å². The first-order chi connectivity index (χ1) is 11.4. The van der Waals surface area contributed by atoms with Crippen LogP contribution >= 0.6 is 11.3 Å². The third-order valence-corrected chi connectivity index (χ3v) is 3.67. The van der Waals surface area contributed by atoms with Crippen LogP contribution in [0.15, 0.2) is 14.9 Å². The Morgan fingerprint density at radius 2 is 2.12 bits per heavy atom. The summed E-state index contributed by atoms with van der Waals surface area (Å²) in [6.45, 7) is 4.88. The third-order valence-electron chi connectivity index (χ3n) is 2.77. The Morgan fingerprint density at radius 1 is 1.33 bits per heavy atom. The number of aryl methyl sites for hydroxylation is 1. The quantitative estimate of drug-likeness (QED) is 0.605. The van der Waals surface area contributed by atoms with E-state index in [1.165, 1.54) is 0 Å². The van der Waals surface area contributed by atoms with Crippen LogP contribution in [-0.2, 0) is 19.1 Å². The molecule has 0 fully saturated rings. The van der Waals surface area contributed by atoms with Gasteiger partial charge in [0.2, 0.25) is 5.89 Å². The molecule has 132 valence electrons. The summed E-state index contributed by atoms with van der Waals surface area (Å²) in [5.74, 6) is 1.44. The van der Waals surface area contributed by atoms with E-state index < -0.39 is 11.9 Å². The fourth-order valence-electron chi connectivity index (χ4n) is 1.74. The van der Waals surface area contributed by atoms with Gasteiger partial charge in [0.1, 0.15) is 6.54 Å². The SMILES string of the molecule is CCNC(=NCc1noc(C)n1)NCCc1nc(C(F)(F)F)cs1. The van der Waals surface area contributed by atoms with Gasteiger partial charge in [0, 0.05) is 31.8 Å². The van der Waals surface area contributed by atoms with Gasteiger partial charge in [0.15, 0.2) is 17.5 Å². The highest BCUT2D eigenvalue weighted by Gasteiger charge is 2.33. The number of hydrogen-bond acceptors (Lipinski definition) is 6. The molecular formula is C13H17F3N6OS. The monoisotopic (exact) mass is 362 g/mol. The summed E-state index contributed by atoms with van der Waals surface area (Å²) in [5, 5.41) is 11.2. The zero-order valence-corrected chi connectivity index (χ0v) is 14.0. The van der Waals surface area contributed by atoms with Gasteiger partial charge in [-0.1, -0.05) is 5.16 Å². The lowest BCUT2D eigenvalue weighted by molar-refractivity contribution is -0.140. The predicted molar refractivity (Wildman–Crippen MR) is 82.7 cm³/mol. The van der Waals surface area contributed by atoms with Crippen molar-refractivity contribution >= 4 is 17.3 Å². The van der Waals surface area contributed by atoms with Gasteiger partial charge in [-0.25, -0.2) is 9.98 Å². The van der Waals surface area contributed by atoms with Crippen molar-refractivity contribution in [1.29, 1.82) is 0 Å². The van der Waals surface area contributed by atoms with Gasteiger partial charge in [-0.2, -0.15) is 18.2 Å². The van der Waals surface area contributed by atoms with Crippen LogP contribution < -0.4 is 10.6 Å². The molecule has 0 atom stereocenters. The molecule has 7 nitrogen and oxygen atoms in total. The van der Waals surface area contributed by atoms with Crippen LogP contribution in [0, 0.1) is 6.92 Å². The average Bonchev–Trinajstić information content (AvgIpc) is 3.13. The predicted octanol–water partition coefficient (Wildman–Crippen LogP) is 2.15. The lowest BCUT2D eigenvalue weighted by Gasteiger charge is -2.09. The van der Waals surface area contributed by atoms with Crippen molar-refractivity contribution in [1.82, 2.24) is 25.8 Å². The van der Waals surface area contributed by atoms with Crippen molar-refractivity contribution in [2.24, 2.45) is 4.99 Å². The van der Waals surface area contributed by atoms with Crippen molar-refractivity contribution in [3.63, 3.8) is 0 Å². The summed E-state index contributed by atoms with van der Waals surface area (Å²) >= 11 is 0.991. The Bertz CT molecular complexity index is 681. The van der Waals surface area contributed by atoms with Gasteiger partial charge in [0.25, 0.3) is 0 Å². The zero-order chi connectivity index (χ0) is 17.6. The molecule has 0 radical (unpaired) electrons. The maximum atomic E-state index is 12.5. The molecule has 24 heavy (non-hydrogen) atoms. The van der Waals surface area contributed by atoms with E-state index in [1.54, 1.807) is 6.92 Å². The number of aliphatic imine (C=N–C) groups is 1. The molecule has 0 aliphatic rings. The van der Waals surface area contributed by atoms with Crippen molar-refractivity contribution in [2.45, 2.75) is 33.0 Å². The molecule has 0 aliphatic heterocycles. The molecule has 2 heterocycles. The zero-order valence-electron chi connectivity index (χ0n) is 13.1. The van der Waals surface area contributed by atoms with Crippen molar-refractivity contribution < 1.29 is 17.7 Å². The van der Waals surface area contributed by atoms with E-state index in [2.05, 4.69) is 30.8 Å². The largest absolute Gasteiger partial charge is 0.434 e. The molecule has 11 heteroatoms. The molecule has 0 saturated heterocycles. The number of halogens is 3. The van der Waals surface area contributed by atoms with Crippen molar-refractivity contribution in [2.75, 3.05) is 13.1 Å². The van der Waals surface area contributed by atoms with Crippen LogP contribution in [0.4, 0.5) is 13.2 Å². The molecule has 0 saturated carbocycles. The second kappa shape index (κ2) is 8.08. The van der Waals surface area contributed by atoms with Gasteiger partial charge < -0.3 is 15.2 Å². The van der Waals surface area contributed by atoms with E-state index in [-0.39, 0.29) is 6.54 Å². The Balaban J connectivity index is 1.85. The van der Waals surface area contributed by atoms with E-state index in [0.717, 1.165) is 16.7 Å². The number of nitrogens with zero attached hydrogens (tertiary/aromatic N) is 4. The van der Waals surface area contributed by atoms with E-state index in [0.29, 0.717) is 42.2 Å². The highest BCUT2D eigenvalue weighted by molar-refractivity contribution is 7.09. The molecule has 0 amide bonds. The van der Waals surface area contributed by atoms with Gasteiger partial charge in [-0.15, -0.1) is 11.3 Å². The fraction of sp³-hybridized carbons (Fsp3) is 0.538. The molecule has 0 aromatic carbocycles. The molecule has 2 N–H and O–H groups in total. The van der Waals surface area contributed by atoms with Gasteiger partial charge >= 0.3 is 6.18 Å². The highest BCUT2D eigenvalue weighted by atomic mass is 32.1. The fourth-order valence-corrected chi connectivity index (χ4v) is 2.55. The molecule has 2 aromatic heterocycles. The Morgan fingerprint density at radius 3 is 2.71 bits per heavy atom. The van der Waals surface area contributed by atoms with Gasteiger partial charge in [-0.3, -0.25) is 0 Å². The number of guanidine groups is 1. The lowest BCUT2D eigenvalue weighted by atomic mass is 10.4. The standard InChI is InChI=1S/C13H17F3N6OS/c1-3-17-12(19-6-10-20-8(2)23-22-10)18-5-4-11-21-9(7-24-11)13(14,15)16/h7H,3-6H2,1-2H3,(H2,17,18,19). The molecule has 0 bridgehead atoms. The average molecular weight is 362 g/mol. The maximum absolute atomic E-state index is 12.5. The smallest absolute Gasteiger partial charge is 0.357 e. The molecule has 0 unspecified atom stereocenters. The number of hydrogen-bond donors (Lipinski definition) is 2. The van der Waals surface area contributed by atoms with Gasteiger partial charge in [0.05, 0.1) is 5.01 Å². The van der Waals surface area contributed by atoms with E-state index in [4.69, 9.17) is 4.52 Å². The van der Waals surface area contributed by atoms with Crippen molar-refractivity contribution in [3.05, 3.63) is 27.8 Å². The first-order valence-corrected chi connectivity index (χ1v) is 8.09. The third kappa shape index (κ3) is 5.48. The van der Waals surface area contributed by atoms with E-state index in [1.807, 2.05) is 6.92 Å². The van der Waals surface area contributed by atoms with Crippen LogP contribution in [-0.4, -0.2) is 34.2 Å². The number of thiazole rings is 1. The normalized spacial score (nSPS) is 12.5. The van der Waals surface area contributed by atoms with Crippen LogP contribution in [0.5, 0.6) is 0 Å². The second-order valence-electron chi connectivity index (χ2n) is 4.73. The Hall–Kier alpha value is -2.17. The number of rotatable bonds is 6. The van der Waals surface area contributed by atoms with Crippen LogP contribution in [0.25, 0.3) is 0 Å². The van der Waals surface area contributed by atoms with Gasteiger partial charge in [-0.05, 0) is 6.92 Å². The molecule has 2 aromatic rings. The lowest BCUT2D eigenvalue weighted by Crippen LogP contribution is -2.38. The summed E-state index contributed by atoms with van der Waals surface area (Å²) in [4.78, 5) is 11.9. The van der Waals surface area contributed by atoms with E-state index in [9.17, 15) is 13.2 Å². The Labute approximate surface area is 140 Å². The number of aromatic nitrogens is 3. The maximum Gasteiger partial charge on any atom is 0.434 e. The second-order valence-corrected chi connectivity index (χ2v) is 5.67. The summed E-state index contributed by atoms with van der Waals surface area (Å²) in [6.07, 6.45) is -4.03. The number of alkyl halides is 3. The minimum absolute atomic E-state index is 0.238. The first kappa shape index (κ1) is 18.2. The summed E-state index contributed by atoms with van der Waals surface area (Å²) in [6, 6.07) is 0. The topological polar surface area (TPSA) is 88.2 Å². The van der Waals surface area contributed by atoms with E-state index >= 15 is 0 Å². The number of nitrogens with one attached hydrogen (secondary N) is 2. The first-order valence-electron chi connectivity index (χ1n) is 7.21. The van der Waals surface area contributed by atoms with Crippen LogP contribution in [0.2, 0.25) is 0 Å². The molecule has 0 spiro atoms. The Kier molecular flexibility index (Phi) is 6.12. The summed E-state index contributed by atoms with van der Waals surface area (Å²) in [5.41, 5.74) is -0.851. The summed E-state index contributed by atoms with van der Waals surface area (Å²) in [7, 11) is 0. The minimum Gasteiger partial charge on any atom is -0.357 e. The van der Waals surface area contributed by atoms with Crippen molar-refractivity contribution in [3.8, 4) is 0 Å². The minimum atomic E-state index is -4.40. The summed E-state index contributed by atoms with van der Waals surface area (Å²) < 4.78 is 42.3. The molecule has 2 rings (SSSR count). The highest BCUT2D eigenvalue weighted by Crippen LogP contribution is 2.29. The molecular weight excluding hydrogens is 345 g/mol. The molecule has 0 aliphatic carbocycles. The van der Waals surface area contributed by atoms with Crippen LogP contribution in [0.3, 0.4) is 0 Å².